The minimum atomic E-state index is -0.145. The van der Waals surface area contributed by atoms with Gasteiger partial charge in [0.25, 0.3) is 0 Å². The van der Waals surface area contributed by atoms with Gasteiger partial charge in [0.15, 0.2) is 5.78 Å². The van der Waals surface area contributed by atoms with E-state index in [1.807, 2.05) is 0 Å². The van der Waals surface area contributed by atoms with Crippen LogP contribution in [0.5, 0.6) is 0 Å². The van der Waals surface area contributed by atoms with Crippen molar-refractivity contribution in [3.63, 3.8) is 0 Å². The summed E-state index contributed by atoms with van der Waals surface area (Å²) < 4.78 is 0. The molecule has 20 heavy (non-hydrogen) atoms. The van der Waals surface area contributed by atoms with Crippen LogP contribution in [0, 0.1) is 17.3 Å². The summed E-state index contributed by atoms with van der Waals surface area (Å²) >= 11 is 0. The van der Waals surface area contributed by atoms with Crippen LogP contribution in [0.3, 0.4) is 0 Å². The molecule has 3 atom stereocenters. The number of allylic oxidation sites excluding steroid dienone is 5. The summed E-state index contributed by atoms with van der Waals surface area (Å²) in [5, 5.41) is 3.41. The maximum Gasteiger partial charge on any atom is 0.179 e. The number of carbonyl (C=O) groups is 2. The van der Waals surface area contributed by atoms with Crippen LogP contribution in [-0.4, -0.2) is 11.6 Å². The average molecular weight is 271 g/mol. The molecule has 0 radical (unpaired) electrons. The fraction of sp³-hybridized carbons (Fsp3) is 0.529. The molecule has 106 valence electrons. The lowest BCUT2D eigenvalue weighted by Crippen LogP contribution is -2.42. The summed E-state index contributed by atoms with van der Waals surface area (Å²) in [5.41, 5.74) is 2.05. The maximum atomic E-state index is 12.1. The predicted molar refractivity (Wildman–Crippen MR) is 77.7 cm³/mol. The van der Waals surface area contributed by atoms with Gasteiger partial charge >= 0.3 is 0 Å². The number of fused-ring (bicyclic) bond motifs is 3. The van der Waals surface area contributed by atoms with E-state index in [4.69, 9.17) is 0 Å². The SMILES string of the molecule is C=CC(=O)/C=C1/CCC2C(=CC[C@]3(C)C(=O)CC[C@@H]23)N1. The van der Waals surface area contributed by atoms with Crippen LogP contribution in [0.4, 0.5) is 0 Å². The first-order chi connectivity index (χ1) is 9.54. The van der Waals surface area contributed by atoms with Crippen molar-refractivity contribution in [2.75, 3.05) is 0 Å². The first-order valence-corrected chi connectivity index (χ1v) is 7.42. The van der Waals surface area contributed by atoms with Gasteiger partial charge in [-0.05, 0) is 37.7 Å². The van der Waals surface area contributed by atoms with E-state index < -0.39 is 0 Å². The molecule has 1 saturated heterocycles. The summed E-state index contributed by atoms with van der Waals surface area (Å²) in [6.07, 6.45) is 9.64. The van der Waals surface area contributed by atoms with Gasteiger partial charge in [0.2, 0.25) is 0 Å². The predicted octanol–water partition coefficient (Wildman–Crippen LogP) is 2.90. The van der Waals surface area contributed by atoms with Crippen molar-refractivity contribution in [1.82, 2.24) is 5.32 Å². The summed E-state index contributed by atoms with van der Waals surface area (Å²) in [7, 11) is 0. The molecule has 1 aliphatic heterocycles. The minimum absolute atomic E-state index is 0.0526. The first kappa shape index (κ1) is 13.3. The van der Waals surface area contributed by atoms with E-state index in [1.54, 1.807) is 6.08 Å². The summed E-state index contributed by atoms with van der Waals surface area (Å²) in [6, 6.07) is 0. The van der Waals surface area contributed by atoms with Crippen molar-refractivity contribution in [2.45, 2.75) is 39.0 Å². The van der Waals surface area contributed by atoms with Crippen molar-refractivity contribution >= 4 is 11.6 Å². The molecule has 1 N–H and O–H groups in total. The van der Waals surface area contributed by atoms with Crippen molar-refractivity contribution < 1.29 is 9.59 Å². The highest BCUT2D eigenvalue weighted by atomic mass is 16.1. The normalized spacial score (nSPS) is 37.8. The molecule has 0 aromatic carbocycles. The van der Waals surface area contributed by atoms with Gasteiger partial charge in [0, 0.05) is 35.2 Å². The second-order valence-electron chi connectivity index (χ2n) is 6.40. The topological polar surface area (TPSA) is 46.2 Å². The molecule has 1 saturated carbocycles. The molecule has 3 aliphatic rings. The minimum Gasteiger partial charge on any atom is -0.362 e. The highest BCUT2D eigenvalue weighted by Gasteiger charge is 2.51. The van der Waals surface area contributed by atoms with Gasteiger partial charge < -0.3 is 5.32 Å². The first-order valence-electron chi connectivity index (χ1n) is 7.42. The molecule has 0 amide bonds. The second kappa shape index (κ2) is 4.72. The Kier molecular flexibility index (Phi) is 3.15. The lowest BCUT2D eigenvalue weighted by Gasteiger charge is -2.43. The standard InChI is InChI=1S/C17H21NO2/c1-3-12(19)10-11-4-5-13-14-6-7-16(20)17(14,2)9-8-15(13)18-11/h3,8,10,13-14,18H,1,4-7,9H2,2H3/b11-10-/t13?,14-,17-/m0/s1. The average Bonchev–Trinajstić information content (AvgIpc) is 2.75. The molecule has 1 heterocycles. The van der Waals surface area contributed by atoms with E-state index in [2.05, 4.69) is 24.9 Å². The second-order valence-corrected chi connectivity index (χ2v) is 6.40. The lowest BCUT2D eigenvalue weighted by molar-refractivity contribution is -0.127. The molecule has 0 bridgehead atoms. The molecule has 0 aromatic rings. The summed E-state index contributed by atoms with van der Waals surface area (Å²) in [5.74, 6) is 1.31. The van der Waals surface area contributed by atoms with Gasteiger partial charge in [0.05, 0.1) is 0 Å². The molecule has 3 heteroatoms. The van der Waals surface area contributed by atoms with Crippen molar-refractivity contribution in [3.05, 3.63) is 36.2 Å². The molecule has 2 aliphatic carbocycles. The van der Waals surface area contributed by atoms with Crippen LogP contribution < -0.4 is 5.32 Å². The number of Topliss-reactive ketones (excluding diaryl/α,β-unsaturated/α-hetero) is 1. The van der Waals surface area contributed by atoms with E-state index in [9.17, 15) is 9.59 Å². The molecule has 3 rings (SSSR count). The maximum absolute atomic E-state index is 12.1. The fourth-order valence-corrected chi connectivity index (χ4v) is 4.10. The molecular formula is C17H21NO2. The third-order valence-corrected chi connectivity index (χ3v) is 5.32. The lowest BCUT2D eigenvalue weighted by atomic mass is 9.64. The van der Waals surface area contributed by atoms with Crippen LogP contribution in [0.2, 0.25) is 0 Å². The summed E-state index contributed by atoms with van der Waals surface area (Å²) in [6.45, 7) is 5.63. The van der Waals surface area contributed by atoms with Crippen LogP contribution in [0.1, 0.15) is 39.0 Å². The Hall–Kier alpha value is -1.64. The Morgan fingerprint density at radius 3 is 3.00 bits per heavy atom. The van der Waals surface area contributed by atoms with Gasteiger partial charge in [-0.1, -0.05) is 19.6 Å². The highest BCUT2D eigenvalue weighted by Crippen LogP contribution is 2.53. The van der Waals surface area contributed by atoms with Gasteiger partial charge in [-0.2, -0.15) is 0 Å². The van der Waals surface area contributed by atoms with Crippen molar-refractivity contribution in [2.24, 2.45) is 17.3 Å². The molecule has 2 fully saturated rings. The van der Waals surface area contributed by atoms with Crippen molar-refractivity contribution in [3.8, 4) is 0 Å². The van der Waals surface area contributed by atoms with E-state index in [-0.39, 0.29) is 11.2 Å². The zero-order valence-electron chi connectivity index (χ0n) is 11.9. The van der Waals surface area contributed by atoms with E-state index in [0.717, 1.165) is 37.8 Å². The van der Waals surface area contributed by atoms with Gasteiger partial charge in [0.1, 0.15) is 5.78 Å². The number of hydrogen-bond donors (Lipinski definition) is 1. The smallest absolute Gasteiger partial charge is 0.179 e. The van der Waals surface area contributed by atoms with E-state index in [1.165, 1.54) is 11.8 Å². The summed E-state index contributed by atoms with van der Waals surface area (Å²) in [4.78, 5) is 23.6. The monoisotopic (exact) mass is 271 g/mol. The Balaban J connectivity index is 1.84. The number of hydrogen-bond acceptors (Lipinski definition) is 3. The number of ketones is 2. The number of rotatable bonds is 2. The number of nitrogens with one attached hydrogen (secondary N) is 1. The van der Waals surface area contributed by atoms with Crippen LogP contribution in [-0.2, 0) is 9.59 Å². The van der Waals surface area contributed by atoms with Crippen LogP contribution >= 0.6 is 0 Å². The van der Waals surface area contributed by atoms with Gasteiger partial charge in [-0.15, -0.1) is 0 Å². The Morgan fingerprint density at radius 2 is 2.25 bits per heavy atom. The number of piperidine rings is 1. The van der Waals surface area contributed by atoms with Crippen LogP contribution in [0.25, 0.3) is 0 Å². The molecule has 0 spiro atoms. The largest absolute Gasteiger partial charge is 0.362 e. The van der Waals surface area contributed by atoms with Crippen LogP contribution in [0.15, 0.2) is 36.2 Å². The molecule has 1 unspecified atom stereocenters. The van der Waals surface area contributed by atoms with E-state index in [0.29, 0.717) is 17.6 Å². The Morgan fingerprint density at radius 1 is 1.45 bits per heavy atom. The zero-order chi connectivity index (χ0) is 14.3. The molecule has 3 nitrogen and oxygen atoms in total. The zero-order valence-corrected chi connectivity index (χ0v) is 11.9. The quantitative estimate of drug-likeness (QED) is 0.785. The van der Waals surface area contributed by atoms with E-state index >= 15 is 0 Å². The van der Waals surface area contributed by atoms with Gasteiger partial charge in [-0.25, -0.2) is 0 Å². The fourth-order valence-electron chi connectivity index (χ4n) is 4.10. The molecular weight excluding hydrogens is 250 g/mol. The Bertz CT molecular complexity index is 543. The third kappa shape index (κ3) is 1.96. The van der Waals surface area contributed by atoms with Crippen molar-refractivity contribution in [1.29, 1.82) is 0 Å². The number of carbonyl (C=O) groups excluding carboxylic acids is 2. The molecule has 0 aromatic heterocycles. The third-order valence-electron chi connectivity index (χ3n) is 5.32. The van der Waals surface area contributed by atoms with Gasteiger partial charge in [-0.3, -0.25) is 9.59 Å². The Labute approximate surface area is 119 Å². The highest BCUT2D eigenvalue weighted by molar-refractivity contribution is 5.99.